The van der Waals surface area contributed by atoms with E-state index in [4.69, 9.17) is 0 Å². The number of aromatic amines is 1. The Morgan fingerprint density at radius 3 is 2.86 bits per heavy atom. The molecule has 2 N–H and O–H groups in total. The molecule has 0 spiro atoms. The second-order valence-corrected chi connectivity index (χ2v) is 6.03. The minimum atomic E-state index is -0.173. The number of aromatic nitrogens is 3. The van der Waals surface area contributed by atoms with E-state index >= 15 is 0 Å². The van der Waals surface area contributed by atoms with Crippen molar-refractivity contribution in [1.82, 2.24) is 15.0 Å². The predicted octanol–water partition coefficient (Wildman–Crippen LogP) is 3.73. The van der Waals surface area contributed by atoms with Gasteiger partial charge in [-0.05, 0) is 37.3 Å². The zero-order valence-corrected chi connectivity index (χ0v) is 12.6. The largest absolute Gasteiger partial charge is 0.342 e. The molecule has 0 radical (unpaired) electrons. The first-order valence-electron chi connectivity index (χ1n) is 6.82. The summed E-state index contributed by atoms with van der Waals surface area (Å²) in [5, 5.41) is 3.46. The quantitative estimate of drug-likeness (QED) is 0.592. The molecule has 2 aromatic heterocycles. The summed E-state index contributed by atoms with van der Waals surface area (Å²) in [5.74, 6) is 0.659. The lowest BCUT2D eigenvalue weighted by Gasteiger charge is -2.01. The number of fused-ring (bicyclic) bond motifs is 2. The van der Waals surface area contributed by atoms with E-state index in [2.05, 4.69) is 20.3 Å². The van der Waals surface area contributed by atoms with Gasteiger partial charge in [-0.1, -0.05) is 23.5 Å². The van der Waals surface area contributed by atoms with Gasteiger partial charge in [0.1, 0.15) is 5.82 Å². The molecule has 108 valence electrons. The normalized spacial score (nSPS) is 11.1. The van der Waals surface area contributed by atoms with Crippen LogP contribution in [0.25, 0.3) is 21.3 Å². The van der Waals surface area contributed by atoms with Crippen molar-refractivity contribution in [3.05, 3.63) is 53.9 Å². The minimum Gasteiger partial charge on any atom is -0.342 e. The Bertz CT molecular complexity index is 969. The molecule has 0 aliphatic carbocycles. The number of hydrogen-bond acceptors (Lipinski definition) is 4. The molecule has 2 aromatic carbocycles. The average Bonchev–Trinajstić information content (AvgIpc) is 3.07. The highest BCUT2D eigenvalue weighted by Crippen LogP contribution is 2.26. The summed E-state index contributed by atoms with van der Waals surface area (Å²) in [5.41, 5.74) is 3.18. The van der Waals surface area contributed by atoms with E-state index in [1.165, 1.54) is 11.3 Å². The fourth-order valence-corrected chi connectivity index (χ4v) is 3.23. The number of benzene rings is 2. The fourth-order valence-electron chi connectivity index (χ4n) is 2.37. The maximum absolute atomic E-state index is 12.4. The monoisotopic (exact) mass is 308 g/mol. The Hall–Kier alpha value is -2.73. The Morgan fingerprint density at radius 2 is 2.00 bits per heavy atom. The second kappa shape index (κ2) is 4.92. The van der Waals surface area contributed by atoms with E-state index in [1.54, 1.807) is 12.1 Å². The van der Waals surface area contributed by atoms with Crippen LogP contribution in [0.15, 0.2) is 42.5 Å². The van der Waals surface area contributed by atoms with Crippen molar-refractivity contribution >= 4 is 43.6 Å². The number of nitrogens with one attached hydrogen (secondary N) is 2. The van der Waals surface area contributed by atoms with Crippen molar-refractivity contribution in [3.8, 4) is 0 Å². The van der Waals surface area contributed by atoms with Gasteiger partial charge < -0.3 is 4.98 Å². The third-order valence-corrected chi connectivity index (χ3v) is 4.33. The second-order valence-electron chi connectivity index (χ2n) is 5.00. The molecule has 0 saturated carbocycles. The number of H-pyrrole nitrogens is 1. The topological polar surface area (TPSA) is 70.7 Å². The molecule has 0 fully saturated rings. The number of para-hydroxylation sites is 1. The van der Waals surface area contributed by atoms with Crippen LogP contribution in [0, 0.1) is 6.92 Å². The van der Waals surface area contributed by atoms with Gasteiger partial charge in [0, 0.05) is 5.56 Å². The summed E-state index contributed by atoms with van der Waals surface area (Å²) in [6, 6.07) is 13.2. The number of thiazole rings is 1. The summed E-state index contributed by atoms with van der Waals surface area (Å²) in [4.78, 5) is 24.2. The smallest absolute Gasteiger partial charge is 0.257 e. The summed E-state index contributed by atoms with van der Waals surface area (Å²) in [6.07, 6.45) is 0. The van der Waals surface area contributed by atoms with E-state index in [-0.39, 0.29) is 5.91 Å². The van der Waals surface area contributed by atoms with Crippen molar-refractivity contribution < 1.29 is 4.79 Å². The molecule has 22 heavy (non-hydrogen) atoms. The number of anilines is 1. The molecule has 4 aromatic rings. The van der Waals surface area contributed by atoms with Crippen LogP contribution in [0.2, 0.25) is 0 Å². The van der Waals surface area contributed by atoms with Crippen molar-refractivity contribution in [1.29, 1.82) is 0 Å². The highest BCUT2D eigenvalue weighted by molar-refractivity contribution is 7.22. The minimum absolute atomic E-state index is 0.173. The van der Waals surface area contributed by atoms with Gasteiger partial charge in [-0.15, -0.1) is 0 Å². The SMILES string of the molecule is Cc1nc2ccc(C(=O)Nc3nc4ccccc4s3)cc2[nH]1. The zero-order chi connectivity index (χ0) is 15.1. The first-order valence-corrected chi connectivity index (χ1v) is 7.64. The molecule has 1 amide bonds. The third kappa shape index (κ3) is 2.23. The maximum atomic E-state index is 12.4. The molecule has 2 heterocycles. The zero-order valence-electron chi connectivity index (χ0n) is 11.8. The molecular formula is C16H12N4OS. The van der Waals surface area contributed by atoms with E-state index < -0.39 is 0 Å². The standard InChI is InChI=1S/C16H12N4OS/c1-9-17-11-7-6-10(8-13(11)18-9)15(21)20-16-19-12-4-2-3-5-14(12)22-16/h2-8H,1H3,(H,17,18)(H,19,20,21). The van der Waals surface area contributed by atoms with Crippen LogP contribution in [0.3, 0.4) is 0 Å². The highest BCUT2D eigenvalue weighted by Gasteiger charge is 2.11. The lowest BCUT2D eigenvalue weighted by molar-refractivity contribution is 0.102. The van der Waals surface area contributed by atoms with E-state index in [0.29, 0.717) is 10.7 Å². The summed E-state index contributed by atoms with van der Waals surface area (Å²) in [7, 11) is 0. The molecule has 0 atom stereocenters. The number of amides is 1. The lowest BCUT2D eigenvalue weighted by Crippen LogP contribution is -2.11. The number of imidazole rings is 1. The average molecular weight is 308 g/mol. The molecule has 0 aliphatic heterocycles. The molecule has 0 saturated heterocycles. The van der Waals surface area contributed by atoms with Crippen molar-refractivity contribution in [2.24, 2.45) is 0 Å². The summed E-state index contributed by atoms with van der Waals surface area (Å²) < 4.78 is 1.05. The van der Waals surface area contributed by atoms with Crippen LogP contribution in [-0.4, -0.2) is 20.9 Å². The predicted molar refractivity (Wildman–Crippen MR) is 88.4 cm³/mol. The van der Waals surface area contributed by atoms with Crippen molar-refractivity contribution in [3.63, 3.8) is 0 Å². The van der Waals surface area contributed by atoms with Gasteiger partial charge in [0.15, 0.2) is 5.13 Å². The Kier molecular flexibility index (Phi) is 2.90. The third-order valence-electron chi connectivity index (χ3n) is 3.38. The lowest BCUT2D eigenvalue weighted by atomic mass is 10.2. The van der Waals surface area contributed by atoms with Gasteiger partial charge in [0.05, 0.1) is 21.3 Å². The number of aryl methyl sites for hydroxylation is 1. The number of nitrogens with zero attached hydrogens (tertiary/aromatic N) is 2. The van der Waals surface area contributed by atoms with Crippen LogP contribution in [0.5, 0.6) is 0 Å². The maximum Gasteiger partial charge on any atom is 0.257 e. The van der Waals surface area contributed by atoms with E-state index in [0.717, 1.165) is 27.1 Å². The van der Waals surface area contributed by atoms with Crippen LogP contribution >= 0.6 is 11.3 Å². The molecule has 0 bridgehead atoms. The number of carbonyl (C=O) groups is 1. The van der Waals surface area contributed by atoms with Gasteiger partial charge in [-0.25, -0.2) is 9.97 Å². The molecule has 0 unspecified atom stereocenters. The Labute approximate surface area is 130 Å². The number of hydrogen-bond donors (Lipinski definition) is 2. The fraction of sp³-hybridized carbons (Fsp3) is 0.0625. The van der Waals surface area contributed by atoms with Crippen LogP contribution in [0.1, 0.15) is 16.2 Å². The van der Waals surface area contributed by atoms with Gasteiger partial charge in [-0.3, -0.25) is 10.1 Å². The molecule has 4 rings (SSSR count). The van der Waals surface area contributed by atoms with Crippen LogP contribution in [-0.2, 0) is 0 Å². The van der Waals surface area contributed by atoms with E-state index in [1.807, 2.05) is 37.3 Å². The highest BCUT2D eigenvalue weighted by atomic mass is 32.1. The van der Waals surface area contributed by atoms with Crippen LogP contribution in [0.4, 0.5) is 5.13 Å². The van der Waals surface area contributed by atoms with E-state index in [9.17, 15) is 4.79 Å². The molecule has 6 heteroatoms. The van der Waals surface area contributed by atoms with Crippen molar-refractivity contribution in [2.75, 3.05) is 5.32 Å². The molecular weight excluding hydrogens is 296 g/mol. The first kappa shape index (κ1) is 13.0. The molecule has 0 aliphatic rings. The Morgan fingerprint density at radius 1 is 1.14 bits per heavy atom. The van der Waals surface area contributed by atoms with Crippen LogP contribution < -0.4 is 5.32 Å². The number of rotatable bonds is 2. The van der Waals surface area contributed by atoms with Gasteiger partial charge in [-0.2, -0.15) is 0 Å². The molecule has 5 nitrogen and oxygen atoms in total. The van der Waals surface area contributed by atoms with Gasteiger partial charge >= 0.3 is 0 Å². The van der Waals surface area contributed by atoms with Crippen molar-refractivity contribution in [2.45, 2.75) is 6.92 Å². The van der Waals surface area contributed by atoms with Gasteiger partial charge in [0.2, 0.25) is 0 Å². The summed E-state index contributed by atoms with van der Waals surface area (Å²) in [6.45, 7) is 1.89. The van der Waals surface area contributed by atoms with Gasteiger partial charge in [0.25, 0.3) is 5.91 Å². The Balaban J connectivity index is 1.64. The number of carbonyl (C=O) groups excluding carboxylic acids is 1. The summed E-state index contributed by atoms with van der Waals surface area (Å²) >= 11 is 1.46. The first-order chi connectivity index (χ1) is 10.7.